The Morgan fingerprint density at radius 2 is 2.14 bits per heavy atom. The van der Waals surface area contributed by atoms with E-state index in [1.807, 2.05) is 13.1 Å². The van der Waals surface area contributed by atoms with Crippen molar-refractivity contribution in [2.75, 3.05) is 7.11 Å². The van der Waals surface area contributed by atoms with Gasteiger partial charge < -0.3 is 9.30 Å². The maximum absolute atomic E-state index is 13.5. The van der Waals surface area contributed by atoms with E-state index in [0.29, 0.717) is 5.69 Å². The molecular formula is C16H12BrFN2O2. The Morgan fingerprint density at radius 3 is 2.86 bits per heavy atom. The molecule has 0 atom stereocenters. The minimum absolute atomic E-state index is 0.161. The molecule has 0 fully saturated rings. The molecule has 0 N–H and O–H groups in total. The van der Waals surface area contributed by atoms with E-state index in [0.717, 1.165) is 20.9 Å². The Morgan fingerprint density at radius 1 is 1.36 bits per heavy atom. The average molecular weight is 363 g/mol. The van der Waals surface area contributed by atoms with Gasteiger partial charge in [0.25, 0.3) is 0 Å². The summed E-state index contributed by atoms with van der Waals surface area (Å²) in [6.07, 6.45) is 5.31. The molecule has 22 heavy (non-hydrogen) atoms. The number of aromatic nitrogens is 2. The first-order valence-electron chi connectivity index (χ1n) is 6.52. The summed E-state index contributed by atoms with van der Waals surface area (Å²) in [5.74, 6) is -1.08. The lowest BCUT2D eigenvalue weighted by Gasteiger charge is -2.10. The summed E-state index contributed by atoms with van der Waals surface area (Å²) in [6, 6.07) is 4.03. The molecule has 3 aromatic rings. The number of carbonyl (C=O) groups is 1. The molecule has 0 radical (unpaired) electrons. The number of nitrogens with zero attached hydrogens (tertiary/aromatic N) is 2. The highest BCUT2D eigenvalue weighted by Crippen LogP contribution is 2.32. The Hall–Kier alpha value is -2.21. The van der Waals surface area contributed by atoms with E-state index in [1.165, 1.54) is 19.2 Å². The maximum Gasteiger partial charge on any atom is 0.340 e. The number of ether oxygens (including phenoxy) is 1. The summed E-state index contributed by atoms with van der Waals surface area (Å²) < 4.78 is 20.9. The van der Waals surface area contributed by atoms with Crippen molar-refractivity contribution in [3.05, 3.63) is 58.2 Å². The number of halogens is 2. The van der Waals surface area contributed by atoms with Gasteiger partial charge in [-0.1, -0.05) is 0 Å². The van der Waals surface area contributed by atoms with Crippen LogP contribution < -0.4 is 0 Å². The molecule has 0 aliphatic heterocycles. The molecule has 6 heteroatoms. The average Bonchev–Trinajstić information content (AvgIpc) is 2.84. The Bertz CT molecular complexity index is 889. The van der Waals surface area contributed by atoms with E-state index >= 15 is 0 Å². The molecule has 0 amide bonds. The van der Waals surface area contributed by atoms with Crippen LogP contribution in [0.5, 0.6) is 0 Å². The van der Waals surface area contributed by atoms with Crippen LogP contribution in [0.25, 0.3) is 16.6 Å². The number of hydrogen-bond donors (Lipinski definition) is 0. The Labute approximate surface area is 134 Å². The number of pyridine rings is 1. The normalized spacial score (nSPS) is 10.9. The number of aryl methyl sites for hydroxylation is 1. The van der Waals surface area contributed by atoms with Gasteiger partial charge in [0, 0.05) is 22.3 Å². The molecule has 112 valence electrons. The maximum atomic E-state index is 13.5. The van der Waals surface area contributed by atoms with E-state index in [-0.39, 0.29) is 5.56 Å². The fourth-order valence-corrected chi connectivity index (χ4v) is 3.20. The van der Waals surface area contributed by atoms with Crippen molar-refractivity contribution in [1.29, 1.82) is 0 Å². The second-order valence-corrected chi connectivity index (χ2v) is 5.70. The highest BCUT2D eigenvalue weighted by molar-refractivity contribution is 9.10. The van der Waals surface area contributed by atoms with Crippen LogP contribution in [0.2, 0.25) is 0 Å². The van der Waals surface area contributed by atoms with E-state index in [9.17, 15) is 9.18 Å². The van der Waals surface area contributed by atoms with Crippen LogP contribution in [0, 0.1) is 12.7 Å². The van der Waals surface area contributed by atoms with Gasteiger partial charge in [-0.05, 0) is 46.6 Å². The molecule has 0 saturated carbocycles. The number of benzene rings is 1. The molecule has 2 aromatic heterocycles. The van der Waals surface area contributed by atoms with Gasteiger partial charge in [0.05, 0.1) is 30.1 Å². The van der Waals surface area contributed by atoms with Crippen LogP contribution >= 0.6 is 15.9 Å². The Balaban J connectivity index is 2.33. The van der Waals surface area contributed by atoms with Crippen molar-refractivity contribution in [2.45, 2.75) is 6.92 Å². The number of hydrogen-bond acceptors (Lipinski definition) is 3. The van der Waals surface area contributed by atoms with E-state index < -0.39 is 11.8 Å². The quantitative estimate of drug-likeness (QED) is 0.646. The first-order valence-corrected chi connectivity index (χ1v) is 7.31. The molecule has 0 bridgehead atoms. The smallest absolute Gasteiger partial charge is 0.340 e. The lowest BCUT2D eigenvalue weighted by atomic mass is 10.1. The van der Waals surface area contributed by atoms with E-state index in [4.69, 9.17) is 4.74 Å². The molecule has 0 unspecified atom stereocenters. The minimum Gasteiger partial charge on any atom is -0.465 e. The highest BCUT2D eigenvalue weighted by Gasteiger charge is 2.18. The zero-order valence-electron chi connectivity index (χ0n) is 11.9. The van der Waals surface area contributed by atoms with Gasteiger partial charge in [-0.25, -0.2) is 9.18 Å². The summed E-state index contributed by atoms with van der Waals surface area (Å²) in [5.41, 5.74) is 2.53. The van der Waals surface area contributed by atoms with Crippen molar-refractivity contribution in [3.63, 3.8) is 0 Å². The van der Waals surface area contributed by atoms with Crippen LogP contribution in [-0.4, -0.2) is 22.6 Å². The van der Waals surface area contributed by atoms with Gasteiger partial charge in [-0.15, -0.1) is 0 Å². The van der Waals surface area contributed by atoms with Crippen molar-refractivity contribution >= 4 is 32.8 Å². The molecule has 0 aliphatic carbocycles. The van der Waals surface area contributed by atoms with Crippen LogP contribution in [0.4, 0.5) is 4.39 Å². The van der Waals surface area contributed by atoms with Crippen LogP contribution in [0.1, 0.15) is 15.9 Å². The largest absolute Gasteiger partial charge is 0.465 e. The fraction of sp³-hybridized carbons (Fsp3) is 0.125. The van der Waals surface area contributed by atoms with Crippen LogP contribution in [0.3, 0.4) is 0 Å². The predicted octanol–water partition coefficient (Wildman–Crippen LogP) is 4.02. The number of esters is 1. The van der Waals surface area contributed by atoms with Gasteiger partial charge in [-0.3, -0.25) is 4.98 Å². The van der Waals surface area contributed by atoms with E-state index in [2.05, 4.69) is 20.9 Å². The van der Waals surface area contributed by atoms with Crippen molar-refractivity contribution in [2.24, 2.45) is 0 Å². The van der Waals surface area contributed by atoms with Gasteiger partial charge in [0.1, 0.15) is 5.82 Å². The molecule has 4 nitrogen and oxygen atoms in total. The number of carbonyl (C=O) groups excluding carboxylic acids is 1. The van der Waals surface area contributed by atoms with E-state index in [1.54, 1.807) is 23.0 Å². The number of methoxy groups -OCH3 is 1. The molecule has 1 aromatic carbocycles. The first kappa shape index (κ1) is 14.7. The summed E-state index contributed by atoms with van der Waals surface area (Å²) in [6.45, 7) is 1.95. The Kier molecular flexibility index (Phi) is 3.70. The third kappa shape index (κ3) is 2.29. The van der Waals surface area contributed by atoms with Crippen molar-refractivity contribution in [1.82, 2.24) is 9.55 Å². The van der Waals surface area contributed by atoms with Gasteiger partial charge in [-0.2, -0.15) is 0 Å². The first-order chi connectivity index (χ1) is 10.5. The predicted molar refractivity (Wildman–Crippen MR) is 84.8 cm³/mol. The minimum atomic E-state index is -0.590. The summed E-state index contributed by atoms with van der Waals surface area (Å²) >= 11 is 3.52. The molecule has 0 aliphatic rings. The topological polar surface area (TPSA) is 44.1 Å². The lowest BCUT2D eigenvalue weighted by Crippen LogP contribution is -2.08. The third-order valence-electron chi connectivity index (χ3n) is 3.48. The highest BCUT2D eigenvalue weighted by atomic mass is 79.9. The molecule has 0 saturated heterocycles. The summed E-state index contributed by atoms with van der Waals surface area (Å²) in [5, 5.41) is 0.996. The number of rotatable bonds is 2. The second kappa shape index (κ2) is 5.53. The summed E-state index contributed by atoms with van der Waals surface area (Å²) in [4.78, 5) is 16.1. The van der Waals surface area contributed by atoms with Crippen molar-refractivity contribution < 1.29 is 13.9 Å². The van der Waals surface area contributed by atoms with Gasteiger partial charge >= 0.3 is 5.97 Å². The lowest BCUT2D eigenvalue weighted by molar-refractivity contribution is 0.0600. The number of fused-ring (bicyclic) bond motifs is 1. The van der Waals surface area contributed by atoms with Crippen LogP contribution in [-0.2, 0) is 4.74 Å². The van der Waals surface area contributed by atoms with Crippen LogP contribution in [0.15, 0.2) is 41.3 Å². The van der Waals surface area contributed by atoms with Gasteiger partial charge in [0.2, 0.25) is 0 Å². The summed E-state index contributed by atoms with van der Waals surface area (Å²) in [7, 11) is 1.27. The fourth-order valence-electron chi connectivity index (χ4n) is 2.48. The second-order valence-electron chi connectivity index (χ2n) is 4.85. The van der Waals surface area contributed by atoms with Gasteiger partial charge in [0.15, 0.2) is 0 Å². The third-order valence-corrected chi connectivity index (χ3v) is 4.08. The monoisotopic (exact) mass is 362 g/mol. The molecule has 3 rings (SSSR count). The molecular weight excluding hydrogens is 351 g/mol. The SMILES string of the molecule is COC(=O)c1cc(F)ccc1-n1cc(Br)c2c(C)cncc21. The molecule has 2 heterocycles. The molecule has 0 spiro atoms. The standard InChI is InChI=1S/C16H12BrFN2O2/c1-9-6-19-7-14-15(9)12(17)8-20(14)13-4-3-10(18)5-11(13)16(21)22-2/h3-8H,1-2H3. The van der Waals surface area contributed by atoms with Crippen molar-refractivity contribution in [3.8, 4) is 5.69 Å². The zero-order chi connectivity index (χ0) is 15.9. The zero-order valence-corrected chi connectivity index (χ0v) is 13.5.